The quantitative estimate of drug-likeness (QED) is 0.404. The number of aryl methyl sites for hydroxylation is 2. The predicted octanol–water partition coefficient (Wildman–Crippen LogP) is 4.94. The maximum absolute atomic E-state index is 13.5. The Morgan fingerprint density at radius 1 is 1.09 bits per heavy atom. The molecule has 1 N–H and O–H groups in total. The number of carbonyl (C=O) groups is 2. The molecule has 1 aromatic carbocycles. The van der Waals surface area contributed by atoms with Gasteiger partial charge in [-0.2, -0.15) is 5.10 Å². The second kappa shape index (κ2) is 9.01. The molecule has 0 aliphatic heterocycles. The number of aromatic nitrogens is 3. The van der Waals surface area contributed by atoms with Gasteiger partial charge in [-0.3, -0.25) is 4.79 Å². The zero-order chi connectivity index (χ0) is 24.6. The predicted molar refractivity (Wildman–Crippen MR) is 127 cm³/mol. The van der Waals surface area contributed by atoms with E-state index in [1.807, 2.05) is 33.8 Å². The maximum atomic E-state index is 13.5. The number of nitrogens with one attached hydrogen (secondary N) is 1. The van der Waals surface area contributed by atoms with Crippen LogP contribution in [0.4, 0.5) is 5.69 Å². The first-order valence-corrected chi connectivity index (χ1v) is 10.8. The Morgan fingerprint density at radius 3 is 2.47 bits per heavy atom. The summed E-state index contributed by atoms with van der Waals surface area (Å²) in [6.07, 6.45) is 1.63. The van der Waals surface area contributed by atoms with Crippen LogP contribution in [0.25, 0.3) is 22.3 Å². The lowest BCUT2D eigenvalue weighted by Gasteiger charge is -2.13. The van der Waals surface area contributed by atoms with Crippen LogP contribution in [0.5, 0.6) is 5.75 Å². The fourth-order valence-electron chi connectivity index (χ4n) is 3.83. The Hall–Kier alpha value is -4.14. The number of pyridine rings is 1. The highest BCUT2D eigenvalue weighted by molar-refractivity contribution is 6.14. The molecule has 0 spiro atoms. The van der Waals surface area contributed by atoms with Crippen molar-refractivity contribution in [2.24, 2.45) is 0 Å². The highest BCUT2D eigenvalue weighted by atomic mass is 16.5. The lowest BCUT2D eigenvalue weighted by molar-refractivity contribution is 0.0601. The van der Waals surface area contributed by atoms with Crippen LogP contribution in [-0.4, -0.2) is 40.9 Å². The zero-order valence-electron chi connectivity index (χ0n) is 19.9. The van der Waals surface area contributed by atoms with E-state index in [-0.39, 0.29) is 11.6 Å². The van der Waals surface area contributed by atoms with Crippen molar-refractivity contribution in [2.45, 2.75) is 33.7 Å². The van der Waals surface area contributed by atoms with Gasteiger partial charge in [0.05, 0.1) is 48.3 Å². The van der Waals surface area contributed by atoms with Crippen LogP contribution in [0, 0.1) is 13.8 Å². The maximum Gasteiger partial charge on any atom is 0.340 e. The SMILES string of the molecule is COC(=O)c1cc(OC)ccc1NC(=O)c1cc(-c2cc(C)oc2C)nc2c1cnn2C(C)C. The highest BCUT2D eigenvalue weighted by Gasteiger charge is 2.22. The lowest BCUT2D eigenvalue weighted by Crippen LogP contribution is -2.16. The fraction of sp³-hybridized carbons (Fsp3) is 0.280. The number of nitrogens with zero attached hydrogens (tertiary/aromatic N) is 3. The topological polar surface area (TPSA) is 108 Å². The van der Waals surface area contributed by atoms with E-state index < -0.39 is 11.9 Å². The van der Waals surface area contributed by atoms with Crippen LogP contribution in [0.2, 0.25) is 0 Å². The summed E-state index contributed by atoms with van der Waals surface area (Å²) < 4.78 is 17.5. The Balaban J connectivity index is 1.85. The molecule has 4 rings (SSSR count). The van der Waals surface area contributed by atoms with Gasteiger partial charge in [-0.1, -0.05) is 0 Å². The number of fused-ring (bicyclic) bond motifs is 1. The monoisotopic (exact) mass is 462 g/mol. The van der Waals surface area contributed by atoms with E-state index in [4.69, 9.17) is 18.9 Å². The van der Waals surface area contributed by atoms with Crippen LogP contribution in [0.3, 0.4) is 0 Å². The third kappa shape index (κ3) is 4.12. The molecule has 176 valence electrons. The van der Waals surface area contributed by atoms with Crippen molar-refractivity contribution in [3.63, 3.8) is 0 Å². The van der Waals surface area contributed by atoms with Gasteiger partial charge in [0.15, 0.2) is 5.65 Å². The molecule has 4 aromatic rings. The summed E-state index contributed by atoms with van der Waals surface area (Å²) in [5.74, 6) is 0.918. The van der Waals surface area contributed by atoms with E-state index in [0.29, 0.717) is 39.5 Å². The number of benzene rings is 1. The minimum Gasteiger partial charge on any atom is -0.497 e. The molecule has 0 fully saturated rings. The highest BCUT2D eigenvalue weighted by Crippen LogP contribution is 2.31. The first-order chi connectivity index (χ1) is 16.2. The Labute approximate surface area is 196 Å². The molecule has 9 heteroatoms. The minimum atomic E-state index is -0.591. The third-order valence-electron chi connectivity index (χ3n) is 5.50. The lowest BCUT2D eigenvalue weighted by atomic mass is 10.1. The van der Waals surface area contributed by atoms with Gasteiger partial charge in [0.1, 0.15) is 17.3 Å². The van der Waals surface area contributed by atoms with E-state index in [1.54, 1.807) is 29.1 Å². The van der Waals surface area contributed by atoms with Gasteiger partial charge < -0.3 is 19.2 Å². The summed E-state index contributed by atoms with van der Waals surface area (Å²) in [5.41, 5.74) is 2.83. The van der Waals surface area contributed by atoms with Gasteiger partial charge in [0.25, 0.3) is 5.91 Å². The van der Waals surface area contributed by atoms with Gasteiger partial charge >= 0.3 is 5.97 Å². The van der Waals surface area contributed by atoms with Crippen LogP contribution in [-0.2, 0) is 4.74 Å². The van der Waals surface area contributed by atoms with Gasteiger partial charge in [0, 0.05) is 11.6 Å². The molecule has 0 radical (unpaired) electrons. The average molecular weight is 463 g/mol. The van der Waals surface area contributed by atoms with E-state index >= 15 is 0 Å². The number of methoxy groups -OCH3 is 2. The fourth-order valence-corrected chi connectivity index (χ4v) is 3.83. The molecule has 0 atom stereocenters. The standard InChI is InChI=1S/C25H26N4O5/c1-13(2)29-23-20(12-26-29)18(11-22(27-23)17-9-14(3)34-15(17)4)24(30)28-21-8-7-16(32-5)10-19(21)25(31)33-6/h7-13H,1-6H3,(H,28,30). The van der Waals surface area contributed by atoms with Gasteiger partial charge in [0.2, 0.25) is 0 Å². The molecule has 0 aliphatic rings. The minimum absolute atomic E-state index is 0.0378. The molecule has 9 nitrogen and oxygen atoms in total. The molecule has 0 aliphatic carbocycles. The van der Waals surface area contributed by atoms with E-state index in [2.05, 4.69) is 10.4 Å². The van der Waals surface area contributed by atoms with Gasteiger partial charge in [-0.25, -0.2) is 14.5 Å². The number of esters is 1. The van der Waals surface area contributed by atoms with E-state index in [1.165, 1.54) is 20.3 Å². The molecular weight excluding hydrogens is 436 g/mol. The summed E-state index contributed by atoms with van der Waals surface area (Å²) in [7, 11) is 2.78. The Kier molecular flexibility index (Phi) is 6.10. The molecule has 34 heavy (non-hydrogen) atoms. The Morgan fingerprint density at radius 2 is 1.85 bits per heavy atom. The first-order valence-electron chi connectivity index (χ1n) is 10.8. The van der Waals surface area contributed by atoms with E-state index in [9.17, 15) is 9.59 Å². The van der Waals surface area contributed by atoms with Crippen molar-refractivity contribution < 1.29 is 23.5 Å². The summed E-state index contributed by atoms with van der Waals surface area (Å²) in [4.78, 5) is 30.6. The largest absolute Gasteiger partial charge is 0.497 e. The number of amides is 1. The number of hydrogen-bond donors (Lipinski definition) is 1. The van der Waals surface area contributed by atoms with Crippen LogP contribution < -0.4 is 10.1 Å². The van der Waals surface area contributed by atoms with Crippen molar-refractivity contribution in [3.05, 3.63) is 59.2 Å². The summed E-state index contributed by atoms with van der Waals surface area (Å²) in [6, 6.07) is 8.41. The van der Waals surface area contributed by atoms with Crippen molar-refractivity contribution in [2.75, 3.05) is 19.5 Å². The second-order valence-corrected chi connectivity index (χ2v) is 8.16. The number of anilines is 1. The smallest absolute Gasteiger partial charge is 0.340 e. The summed E-state index contributed by atoms with van der Waals surface area (Å²) in [5, 5.41) is 7.89. The van der Waals surface area contributed by atoms with Crippen molar-refractivity contribution in [1.82, 2.24) is 14.8 Å². The molecule has 0 saturated heterocycles. The van der Waals surface area contributed by atoms with E-state index in [0.717, 1.165) is 11.3 Å². The molecule has 0 unspecified atom stereocenters. The number of furan rings is 1. The number of rotatable bonds is 6. The Bertz CT molecular complexity index is 1400. The number of hydrogen-bond acceptors (Lipinski definition) is 7. The third-order valence-corrected chi connectivity index (χ3v) is 5.50. The average Bonchev–Trinajstić information content (AvgIpc) is 3.40. The number of ether oxygens (including phenoxy) is 2. The summed E-state index contributed by atoms with van der Waals surface area (Å²) in [6.45, 7) is 7.70. The van der Waals surface area contributed by atoms with Crippen molar-refractivity contribution in [1.29, 1.82) is 0 Å². The molecular formula is C25H26N4O5. The molecule has 3 aromatic heterocycles. The first kappa shape index (κ1) is 23.0. The van der Waals surface area contributed by atoms with Crippen LogP contribution >= 0.6 is 0 Å². The van der Waals surface area contributed by atoms with Crippen LogP contribution in [0.1, 0.15) is 52.1 Å². The van der Waals surface area contributed by atoms with Crippen LogP contribution in [0.15, 0.2) is 40.9 Å². The number of carbonyl (C=O) groups excluding carboxylic acids is 2. The normalized spacial score (nSPS) is 11.1. The van der Waals surface area contributed by atoms with Crippen molar-refractivity contribution in [3.8, 4) is 17.0 Å². The summed E-state index contributed by atoms with van der Waals surface area (Å²) >= 11 is 0. The molecule has 0 saturated carbocycles. The zero-order valence-corrected chi connectivity index (χ0v) is 19.9. The van der Waals surface area contributed by atoms with Gasteiger partial charge in [-0.05, 0) is 58.0 Å². The molecule has 1 amide bonds. The van der Waals surface area contributed by atoms with Gasteiger partial charge in [-0.15, -0.1) is 0 Å². The van der Waals surface area contributed by atoms with Crippen molar-refractivity contribution >= 4 is 28.6 Å². The second-order valence-electron chi connectivity index (χ2n) is 8.16. The molecule has 0 bridgehead atoms. The molecule has 3 heterocycles.